The second kappa shape index (κ2) is 9.35. The van der Waals surface area contributed by atoms with Gasteiger partial charge in [0.05, 0.1) is 19.4 Å². The van der Waals surface area contributed by atoms with Gasteiger partial charge in [-0.3, -0.25) is 9.59 Å². The number of rotatable bonds is 8. The van der Waals surface area contributed by atoms with E-state index in [2.05, 4.69) is 16.0 Å². The van der Waals surface area contributed by atoms with Crippen molar-refractivity contribution in [3.63, 3.8) is 0 Å². The van der Waals surface area contributed by atoms with Gasteiger partial charge >= 0.3 is 0 Å². The summed E-state index contributed by atoms with van der Waals surface area (Å²) in [7, 11) is 0. The Labute approximate surface area is 157 Å². The van der Waals surface area contributed by atoms with Gasteiger partial charge in [-0.1, -0.05) is 36.4 Å². The molecule has 0 fully saturated rings. The van der Waals surface area contributed by atoms with Gasteiger partial charge in [0, 0.05) is 17.8 Å². The molecular formula is C21H21N3O3. The molecule has 0 aliphatic rings. The van der Waals surface area contributed by atoms with Crippen molar-refractivity contribution in [1.82, 2.24) is 10.6 Å². The van der Waals surface area contributed by atoms with Crippen LogP contribution in [0.25, 0.3) is 0 Å². The number of hydrogen-bond donors (Lipinski definition) is 3. The molecule has 3 aromatic rings. The third-order valence-corrected chi connectivity index (χ3v) is 3.87. The predicted octanol–water partition coefficient (Wildman–Crippen LogP) is 2.94. The maximum Gasteiger partial charge on any atom is 0.251 e. The quantitative estimate of drug-likeness (QED) is 0.575. The summed E-state index contributed by atoms with van der Waals surface area (Å²) in [6.45, 7) is 1.07. The van der Waals surface area contributed by atoms with Crippen LogP contribution in [0.1, 0.15) is 21.7 Å². The summed E-state index contributed by atoms with van der Waals surface area (Å²) >= 11 is 0. The molecular weight excluding hydrogens is 342 g/mol. The molecule has 3 rings (SSSR count). The lowest BCUT2D eigenvalue weighted by atomic mass is 10.1. The maximum atomic E-state index is 12.3. The fourth-order valence-corrected chi connectivity index (χ4v) is 2.54. The SMILES string of the molecule is O=C(CNCc1ccco1)Nc1cccc(C(=O)NCc2ccccc2)c1. The lowest BCUT2D eigenvalue weighted by Crippen LogP contribution is -2.28. The van der Waals surface area contributed by atoms with E-state index in [0.29, 0.717) is 24.3 Å². The molecule has 0 aliphatic heterocycles. The number of carbonyl (C=O) groups excluding carboxylic acids is 2. The summed E-state index contributed by atoms with van der Waals surface area (Å²) in [5, 5.41) is 8.65. The van der Waals surface area contributed by atoms with Crippen LogP contribution in [0.4, 0.5) is 5.69 Å². The number of carbonyl (C=O) groups is 2. The Hall–Kier alpha value is -3.38. The molecule has 1 aromatic heterocycles. The highest BCUT2D eigenvalue weighted by molar-refractivity contribution is 5.97. The molecule has 0 bridgehead atoms. The third-order valence-electron chi connectivity index (χ3n) is 3.87. The minimum atomic E-state index is -0.191. The van der Waals surface area contributed by atoms with Gasteiger partial charge in [-0.25, -0.2) is 0 Å². The van der Waals surface area contributed by atoms with Crippen molar-refractivity contribution < 1.29 is 14.0 Å². The third kappa shape index (κ3) is 5.83. The van der Waals surface area contributed by atoms with Crippen molar-refractivity contribution in [1.29, 1.82) is 0 Å². The number of furan rings is 1. The molecule has 6 nitrogen and oxygen atoms in total. The number of benzene rings is 2. The second-order valence-corrected chi connectivity index (χ2v) is 5.98. The van der Waals surface area contributed by atoms with Crippen LogP contribution in [-0.4, -0.2) is 18.4 Å². The molecule has 0 unspecified atom stereocenters. The molecule has 6 heteroatoms. The Balaban J connectivity index is 1.48. The van der Waals surface area contributed by atoms with Crippen LogP contribution in [0.2, 0.25) is 0 Å². The molecule has 2 aromatic carbocycles. The molecule has 2 amide bonds. The van der Waals surface area contributed by atoms with Gasteiger partial charge < -0.3 is 20.4 Å². The monoisotopic (exact) mass is 363 g/mol. The Bertz CT molecular complexity index is 877. The summed E-state index contributed by atoms with van der Waals surface area (Å²) in [4.78, 5) is 24.3. The zero-order valence-corrected chi connectivity index (χ0v) is 14.8. The Morgan fingerprint density at radius 3 is 2.52 bits per heavy atom. The number of amides is 2. The minimum absolute atomic E-state index is 0.144. The first-order valence-electron chi connectivity index (χ1n) is 8.66. The molecule has 0 atom stereocenters. The van der Waals surface area contributed by atoms with Gasteiger partial charge in [0.1, 0.15) is 5.76 Å². The van der Waals surface area contributed by atoms with Crippen LogP contribution in [0.3, 0.4) is 0 Å². The average Bonchev–Trinajstić information content (AvgIpc) is 3.20. The molecule has 3 N–H and O–H groups in total. The molecule has 0 aliphatic carbocycles. The topological polar surface area (TPSA) is 83.4 Å². The van der Waals surface area contributed by atoms with E-state index in [0.717, 1.165) is 11.3 Å². The standard InChI is InChI=1S/C21H21N3O3/c25-20(15-22-14-19-10-5-11-27-19)24-18-9-4-8-17(12-18)21(26)23-13-16-6-2-1-3-7-16/h1-12,22H,13-15H2,(H,23,26)(H,24,25). The Morgan fingerprint density at radius 1 is 0.889 bits per heavy atom. The van der Waals surface area contributed by atoms with Crippen LogP contribution < -0.4 is 16.0 Å². The molecule has 0 spiro atoms. The smallest absolute Gasteiger partial charge is 0.251 e. The van der Waals surface area contributed by atoms with Gasteiger partial charge in [0.25, 0.3) is 5.91 Å². The maximum absolute atomic E-state index is 12.3. The van der Waals surface area contributed by atoms with Crippen molar-refractivity contribution in [2.75, 3.05) is 11.9 Å². The molecule has 27 heavy (non-hydrogen) atoms. The summed E-state index contributed by atoms with van der Waals surface area (Å²) in [6.07, 6.45) is 1.59. The Kier molecular flexibility index (Phi) is 6.38. The van der Waals surface area contributed by atoms with Gasteiger partial charge in [-0.2, -0.15) is 0 Å². The highest BCUT2D eigenvalue weighted by atomic mass is 16.3. The normalized spacial score (nSPS) is 10.4. The number of hydrogen-bond acceptors (Lipinski definition) is 4. The van der Waals surface area contributed by atoms with E-state index < -0.39 is 0 Å². The molecule has 0 saturated carbocycles. The van der Waals surface area contributed by atoms with Crippen LogP contribution in [0, 0.1) is 0 Å². The first-order chi connectivity index (χ1) is 13.2. The first kappa shape index (κ1) is 18.4. The van der Waals surface area contributed by atoms with E-state index in [1.165, 1.54) is 0 Å². The lowest BCUT2D eigenvalue weighted by molar-refractivity contribution is -0.115. The zero-order valence-electron chi connectivity index (χ0n) is 14.8. The lowest BCUT2D eigenvalue weighted by Gasteiger charge is -2.09. The largest absolute Gasteiger partial charge is 0.468 e. The van der Waals surface area contributed by atoms with E-state index >= 15 is 0 Å². The Morgan fingerprint density at radius 2 is 1.74 bits per heavy atom. The van der Waals surface area contributed by atoms with Crippen LogP contribution in [0.5, 0.6) is 0 Å². The van der Waals surface area contributed by atoms with Crippen LogP contribution in [0.15, 0.2) is 77.4 Å². The van der Waals surface area contributed by atoms with Crippen molar-refractivity contribution in [2.45, 2.75) is 13.1 Å². The van der Waals surface area contributed by atoms with Gasteiger partial charge in [0.15, 0.2) is 0 Å². The van der Waals surface area contributed by atoms with E-state index in [1.54, 1.807) is 36.6 Å². The second-order valence-electron chi connectivity index (χ2n) is 5.98. The van der Waals surface area contributed by atoms with E-state index in [1.807, 2.05) is 36.4 Å². The summed E-state index contributed by atoms with van der Waals surface area (Å²) in [5.74, 6) is 0.384. The van der Waals surface area contributed by atoms with E-state index in [9.17, 15) is 9.59 Å². The van der Waals surface area contributed by atoms with Gasteiger partial charge in [-0.15, -0.1) is 0 Å². The number of nitrogens with one attached hydrogen (secondary N) is 3. The molecule has 0 saturated heterocycles. The summed E-state index contributed by atoms with van der Waals surface area (Å²) in [6, 6.07) is 20.2. The van der Waals surface area contributed by atoms with Crippen LogP contribution in [-0.2, 0) is 17.9 Å². The molecule has 1 heterocycles. The van der Waals surface area contributed by atoms with Crippen molar-refractivity contribution in [3.8, 4) is 0 Å². The van der Waals surface area contributed by atoms with Gasteiger partial charge in [0.2, 0.25) is 5.91 Å². The predicted molar refractivity (Wildman–Crippen MR) is 103 cm³/mol. The van der Waals surface area contributed by atoms with Crippen molar-refractivity contribution in [3.05, 3.63) is 89.9 Å². The zero-order chi connectivity index (χ0) is 18.9. The highest BCUT2D eigenvalue weighted by Crippen LogP contribution is 2.11. The average molecular weight is 363 g/mol. The van der Waals surface area contributed by atoms with E-state index in [4.69, 9.17) is 4.42 Å². The van der Waals surface area contributed by atoms with E-state index in [-0.39, 0.29) is 18.4 Å². The van der Waals surface area contributed by atoms with Crippen LogP contribution >= 0.6 is 0 Å². The minimum Gasteiger partial charge on any atom is -0.468 e. The molecule has 138 valence electrons. The highest BCUT2D eigenvalue weighted by Gasteiger charge is 2.08. The first-order valence-corrected chi connectivity index (χ1v) is 8.66. The van der Waals surface area contributed by atoms with Crippen molar-refractivity contribution >= 4 is 17.5 Å². The van der Waals surface area contributed by atoms with Crippen molar-refractivity contribution in [2.24, 2.45) is 0 Å². The summed E-state index contributed by atoms with van der Waals surface area (Å²) < 4.78 is 5.19. The summed E-state index contributed by atoms with van der Waals surface area (Å²) in [5.41, 5.74) is 2.09. The fourth-order valence-electron chi connectivity index (χ4n) is 2.54. The number of anilines is 1. The van der Waals surface area contributed by atoms with Gasteiger partial charge in [-0.05, 0) is 35.9 Å². The molecule has 0 radical (unpaired) electrons. The fraction of sp³-hybridized carbons (Fsp3) is 0.143.